The molecule has 2 heterocycles. The molecular weight excluding hydrogens is 294 g/mol. The average Bonchev–Trinajstić information content (AvgIpc) is 2.96. The molecule has 2 aromatic rings. The summed E-state index contributed by atoms with van der Waals surface area (Å²) in [4.78, 5) is 25.7. The Kier molecular flexibility index (Phi) is 4.14. The Labute approximate surface area is 134 Å². The fraction of sp³-hybridized carbons (Fsp3) is 0.353. The fourth-order valence-corrected chi connectivity index (χ4v) is 3.07. The predicted octanol–water partition coefficient (Wildman–Crippen LogP) is 2.02. The van der Waals surface area contributed by atoms with Gasteiger partial charge in [0.2, 0.25) is 0 Å². The zero-order valence-electron chi connectivity index (χ0n) is 13.0. The van der Waals surface area contributed by atoms with E-state index < -0.39 is 11.9 Å². The van der Waals surface area contributed by atoms with E-state index >= 15 is 0 Å². The van der Waals surface area contributed by atoms with E-state index in [0.717, 1.165) is 11.3 Å². The molecule has 6 nitrogen and oxygen atoms in total. The quantitative estimate of drug-likeness (QED) is 0.940. The monoisotopic (exact) mass is 313 g/mol. The van der Waals surface area contributed by atoms with E-state index in [1.807, 2.05) is 30.3 Å². The van der Waals surface area contributed by atoms with Crippen LogP contribution in [-0.2, 0) is 11.8 Å². The molecule has 0 aliphatic carbocycles. The highest BCUT2D eigenvalue weighted by atomic mass is 16.4. The largest absolute Gasteiger partial charge is 0.481 e. The first-order valence-electron chi connectivity index (χ1n) is 7.67. The summed E-state index contributed by atoms with van der Waals surface area (Å²) < 4.78 is 1.68. The molecule has 0 radical (unpaired) electrons. The number of amides is 1. The summed E-state index contributed by atoms with van der Waals surface area (Å²) >= 11 is 0. The fourth-order valence-electron chi connectivity index (χ4n) is 3.07. The van der Waals surface area contributed by atoms with Gasteiger partial charge in [-0.1, -0.05) is 30.3 Å². The van der Waals surface area contributed by atoms with Crippen LogP contribution in [-0.4, -0.2) is 44.8 Å². The van der Waals surface area contributed by atoms with Crippen molar-refractivity contribution < 1.29 is 14.7 Å². The summed E-state index contributed by atoms with van der Waals surface area (Å²) in [6, 6.07) is 9.62. The van der Waals surface area contributed by atoms with Gasteiger partial charge in [0, 0.05) is 25.7 Å². The highest BCUT2D eigenvalue weighted by Gasteiger charge is 2.30. The van der Waals surface area contributed by atoms with Crippen molar-refractivity contribution in [2.24, 2.45) is 13.0 Å². The number of hydrogen-bond acceptors (Lipinski definition) is 3. The standard InChI is InChI=1S/C17H19N3O3/c1-19-15(12-6-3-2-4-7-12)14(10-18-19)16(21)20-9-5-8-13(11-20)17(22)23/h2-4,6-7,10,13H,5,8-9,11H2,1H3,(H,22,23)/t13-/m0/s1. The van der Waals surface area contributed by atoms with Crippen LogP contribution >= 0.6 is 0 Å². The van der Waals surface area contributed by atoms with Crippen LogP contribution in [0.4, 0.5) is 0 Å². The Balaban J connectivity index is 1.90. The van der Waals surface area contributed by atoms with Crippen LogP contribution in [0, 0.1) is 5.92 Å². The van der Waals surface area contributed by atoms with Gasteiger partial charge in [0.15, 0.2) is 0 Å². The number of rotatable bonds is 3. The molecule has 1 aliphatic rings. The number of hydrogen-bond donors (Lipinski definition) is 1. The van der Waals surface area contributed by atoms with Crippen molar-refractivity contribution in [2.45, 2.75) is 12.8 Å². The maximum atomic E-state index is 12.9. The number of aryl methyl sites for hydroxylation is 1. The average molecular weight is 313 g/mol. The van der Waals surface area contributed by atoms with Crippen molar-refractivity contribution in [3.63, 3.8) is 0 Å². The lowest BCUT2D eigenvalue weighted by molar-refractivity contribution is -0.143. The molecule has 0 unspecified atom stereocenters. The summed E-state index contributed by atoms with van der Waals surface area (Å²) in [6.07, 6.45) is 2.90. The SMILES string of the molecule is Cn1ncc(C(=O)N2CCC[C@H](C(=O)O)C2)c1-c1ccccc1. The molecule has 1 aliphatic heterocycles. The van der Waals surface area contributed by atoms with Gasteiger partial charge in [-0.05, 0) is 12.8 Å². The molecule has 1 aromatic heterocycles. The van der Waals surface area contributed by atoms with Crippen LogP contribution in [0.2, 0.25) is 0 Å². The minimum absolute atomic E-state index is 0.150. The van der Waals surface area contributed by atoms with Crippen LogP contribution < -0.4 is 0 Å². The van der Waals surface area contributed by atoms with E-state index in [1.165, 1.54) is 0 Å². The molecule has 1 N–H and O–H groups in total. The highest BCUT2D eigenvalue weighted by molar-refractivity contribution is 6.00. The predicted molar refractivity (Wildman–Crippen MR) is 84.9 cm³/mol. The first-order chi connectivity index (χ1) is 11.1. The third kappa shape index (κ3) is 2.97. The zero-order chi connectivity index (χ0) is 16.4. The molecule has 23 heavy (non-hydrogen) atoms. The summed E-state index contributed by atoms with van der Waals surface area (Å²) in [7, 11) is 1.80. The number of benzene rings is 1. The molecule has 0 bridgehead atoms. The Morgan fingerprint density at radius 1 is 1.26 bits per heavy atom. The first-order valence-corrected chi connectivity index (χ1v) is 7.67. The molecule has 3 rings (SSSR count). The number of likely N-dealkylation sites (tertiary alicyclic amines) is 1. The lowest BCUT2D eigenvalue weighted by Gasteiger charge is -2.30. The molecule has 1 aromatic carbocycles. The van der Waals surface area contributed by atoms with Crippen LogP contribution in [0.25, 0.3) is 11.3 Å². The molecule has 120 valence electrons. The minimum atomic E-state index is -0.836. The molecular formula is C17H19N3O3. The van der Waals surface area contributed by atoms with Gasteiger partial charge in [-0.15, -0.1) is 0 Å². The van der Waals surface area contributed by atoms with E-state index in [9.17, 15) is 14.7 Å². The Hall–Kier alpha value is -2.63. The third-order valence-corrected chi connectivity index (χ3v) is 4.27. The Morgan fingerprint density at radius 2 is 2.00 bits per heavy atom. The smallest absolute Gasteiger partial charge is 0.308 e. The van der Waals surface area contributed by atoms with Crippen LogP contribution in [0.1, 0.15) is 23.2 Å². The van der Waals surface area contributed by atoms with Gasteiger partial charge in [-0.2, -0.15) is 5.10 Å². The number of nitrogens with zero attached hydrogens (tertiary/aromatic N) is 3. The normalized spacial score (nSPS) is 18.0. The van der Waals surface area contributed by atoms with E-state index in [0.29, 0.717) is 24.9 Å². The zero-order valence-corrected chi connectivity index (χ0v) is 13.0. The maximum absolute atomic E-state index is 12.9. The summed E-state index contributed by atoms with van der Waals surface area (Å²) in [5.41, 5.74) is 2.19. The number of aliphatic carboxylic acids is 1. The number of carboxylic acid groups (broad SMARTS) is 1. The molecule has 6 heteroatoms. The molecule has 1 amide bonds. The minimum Gasteiger partial charge on any atom is -0.481 e. The molecule has 1 fully saturated rings. The second-order valence-corrected chi connectivity index (χ2v) is 5.83. The van der Waals surface area contributed by atoms with Crippen molar-refractivity contribution in [3.8, 4) is 11.3 Å². The maximum Gasteiger partial charge on any atom is 0.308 e. The number of aromatic nitrogens is 2. The van der Waals surface area contributed by atoms with Crippen molar-refractivity contribution in [2.75, 3.05) is 13.1 Å². The third-order valence-electron chi connectivity index (χ3n) is 4.27. The Morgan fingerprint density at radius 3 is 2.70 bits per heavy atom. The lowest BCUT2D eigenvalue weighted by atomic mass is 9.97. The summed E-state index contributed by atoms with van der Waals surface area (Å²) in [6.45, 7) is 0.850. The Bertz CT molecular complexity index is 724. The van der Waals surface area contributed by atoms with E-state index in [2.05, 4.69) is 5.10 Å². The first kappa shape index (κ1) is 15.3. The van der Waals surface area contributed by atoms with Gasteiger partial charge >= 0.3 is 5.97 Å². The van der Waals surface area contributed by atoms with Crippen molar-refractivity contribution in [3.05, 3.63) is 42.1 Å². The van der Waals surface area contributed by atoms with Crippen molar-refractivity contribution >= 4 is 11.9 Å². The molecule has 0 saturated carbocycles. The van der Waals surface area contributed by atoms with Gasteiger partial charge in [0.1, 0.15) is 0 Å². The van der Waals surface area contributed by atoms with Crippen molar-refractivity contribution in [1.82, 2.24) is 14.7 Å². The number of carbonyl (C=O) groups excluding carboxylic acids is 1. The van der Waals surface area contributed by atoms with E-state index in [1.54, 1.807) is 22.8 Å². The summed E-state index contributed by atoms with van der Waals surface area (Å²) in [5, 5.41) is 13.4. The topological polar surface area (TPSA) is 75.4 Å². The molecule has 1 saturated heterocycles. The van der Waals surface area contributed by atoms with Crippen molar-refractivity contribution in [1.29, 1.82) is 0 Å². The highest BCUT2D eigenvalue weighted by Crippen LogP contribution is 2.26. The number of carboxylic acids is 1. The number of carbonyl (C=O) groups is 2. The van der Waals surface area contributed by atoms with E-state index in [-0.39, 0.29) is 12.5 Å². The van der Waals surface area contributed by atoms with Gasteiger partial charge in [-0.3, -0.25) is 14.3 Å². The second-order valence-electron chi connectivity index (χ2n) is 5.83. The summed E-state index contributed by atoms with van der Waals surface area (Å²) in [5.74, 6) is -1.47. The van der Waals surface area contributed by atoms with Crippen LogP contribution in [0.5, 0.6) is 0 Å². The van der Waals surface area contributed by atoms with Gasteiger partial charge in [0.05, 0.1) is 23.4 Å². The van der Waals surface area contributed by atoms with Gasteiger partial charge < -0.3 is 10.0 Å². The van der Waals surface area contributed by atoms with Gasteiger partial charge in [-0.25, -0.2) is 0 Å². The van der Waals surface area contributed by atoms with Gasteiger partial charge in [0.25, 0.3) is 5.91 Å². The van der Waals surface area contributed by atoms with Crippen LogP contribution in [0.15, 0.2) is 36.5 Å². The van der Waals surface area contributed by atoms with E-state index in [4.69, 9.17) is 0 Å². The second kappa shape index (κ2) is 6.24. The molecule has 0 spiro atoms. The molecule has 1 atom stereocenters. The lowest BCUT2D eigenvalue weighted by Crippen LogP contribution is -2.42. The number of piperidine rings is 1. The van der Waals surface area contributed by atoms with Crippen LogP contribution in [0.3, 0.4) is 0 Å².